The monoisotopic (exact) mass is 422 g/mol. The zero-order valence-electron chi connectivity index (χ0n) is 8.99. The predicted octanol–water partition coefficient (Wildman–Crippen LogP) is -3.11. The predicted molar refractivity (Wildman–Crippen MR) is 80.7 cm³/mol. The standard InChI is InChI=1S/C6H6O11S3.3Na.3H/c7-2-1-3(18(9,10)11)5(19(12,13)14)6(4(2)8)20(15,16)17;;;;;;/h1,7-8H,(H,9,10,11)(H,12,13,14)(H,15,16,17);;;;;;. The van der Waals surface area contributed by atoms with E-state index in [-0.39, 0.29) is 94.7 Å². The van der Waals surface area contributed by atoms with E-state index in [2.05, 4.69) is 0 Å². The summed E-state index contributed by atoms with van der Waals surface area (Å²) in [5.74, 6) is -3.20. The first-order valence-electron chi connectivity index (χ1n) is 4.18. The fraction of sp³-hybridized carbons (Fsp3) is 0. The van der Waals surface area contributed by atoms with Gasteiger partial charge in [0, 0.05) is 6.07 Å². The SMILES string of the molecule is O=S(=O)(O)c1cc(O)c(O)c(S(=O)(=O)O)c1S(=O)(=O)O.[NaH].[NaH].[NaH]. The maximum atomic E-state index is 11.0. The molecule has 0 aliphatic rings. The molecule has 0 aromatic heterocycles. The van der Waals surface area contributed by atoms with Gasteiger partial charge in [0.2, 0.25) is 0 Å². The van der Waals surface area contributed by atoms with Crippen molar-refractivity contribution in [2.75, 3.05) is 0 Å². The van der Waals surface area contributed by atoms with Gasteiger partial charge >= 0.3 is 88.7 Å². The summed E-state index contributed by atoms with van der Waals surface area (Å²) in [4.78, 5) is -5.74. The molecular formula is C6H9Na3O11S3. The number of rotatable bonds is 3. The molecule has 1 rings (SSSR count). The van der Waals surface area contributed by atoms with Crippen LogP contribution < -0.4 is 0 Å². The van der Waals surface area contributed by atoms with E-state index < -0.39 is 56.5 Å². The molecule has 0 bridgehead atoms. The van der Waals surface area contributed by atoms with Gasteiger partial charge in [0.25, 0.3) is 30.4 Å². The first-order chi connectivity index (χ1) is 8.67. The summed E-state index contributed by atoms with van der Waals surface area (Å²) in [5, 5.41) is 18.3. The normalized spacial score (nSPS) is 11.6. The van der Waals surface area contributed by atoms with Gasteiger partial charge in [-0.15, -0.1) is 0 Å². The van der Waals surface area contributed by atoms with E-state index >= 15 is 0 Å². The minimum atomic E-state index is -5.62. The molecular weight excluding hydrogens is 413 g/mol. The van der Waals surface area contributed by atoms with Crippen LogP contribution in [0.25, 0.3) is 0 Å². The van der Waals surface area contributed by atoms with E-state index in [1.807, 2.05) is 0 Å². The Morgan fingerprint density at radius 1 is 0.652 bits per heavy atom. The first-order valence-corrected chi connectivity index (χ1v) is 8.50. The van der Waals surface area contributed by atoms with E-state index in [0.29, 0.717) is 0 Å². The number of phenolic OH excluding ortho intramolecular Hbond substituents is 2. The van der Waals surface area contributed by atoms with Gasteiger partial charge in [0.15, 0.2) is 16.4 Å². The molecule has 0 unspecified atom stereocenters. The Morgan fingerprint density at radius 2 is 1.00 bits per heavy atom. The van der Waals surface area contributed by atoms with Crippen LogP contribution in [-0.2, 0) is 30.4 Å². The van der Waals surface area contributed by atoms with Crippen LogP contribution in [0.5, 0.6) is 11.5 Å². The van der Waals surface area contributed by atoms with Crippen LogP contribution in [0.15, 0.2) is 20.8 Å². The van der Waals surface area contributed by atoms with Crippen molar-refractivity contribution in [3.05, 3.63) is 6.07 Å². The van der Waals surface area contributed by atoms with Crippen LogP contribution in [0.1, 0.15) is 0 Å². The summed E-state index contributed by atoms with van der Waals surface area (Å²) in [6.07, 6.45) is 0. The number of phenols is 2. The fourth-order valence-corrected chi connectivity index (χ4v) is 4.53. The van der Waals surface area contributed by atoms with Gasteiger partial charge < -0.3 is 10.2 Å². The molecule has 0 atom stereocenters. The van der Waals surface area contributed by atoms with Gasteiger partial charge in [-0.25, -0.2) is 0 Å². The van der Waals surface area contributed by atoms with Crippen LogP contribution in [0.2, 0.25) is 0 Å². The molecule has 11 nitrogen and oxygen atoms in total. The Balaban J connectivity index is -0.00000133. The molecule has 0 saturated carbocycles. The van der Waals surface area contributed by atoms with Crippen molar-refractivity contribution < 1.29 is 49.1 Å². The summed E-state index contributed by atoms with van der Waals surface area (Å²) in [6, 6.07) is -0.0253. The van der Waals surface area contributed by atoms with Crippen LogP contribution in [0.3, 0.4) is 0 Å². The fourth-order valence-electron chi connectivity index (χ4n) is 1.27. The number of hydrogen-bond donors (Lipinski definition) is 5. The second kappa shape index (κ2) is 9.48. The molecule has 0 saturated heterocycles. The summed E-state index contributed by atoms with van der Waals surface area (Å²) in [6.45, 7) is 0. The van der Waals surface area contributed by atoms with Gasteiger partial charge in [0.1, 0.15) is 9.79 Å². The van der Waals surface area contributed by atoms with Crippen molar-refractivity contribution in [2.45, 2.75) is 14.7 Å². The van der Waals surface area contributed by atoms with E-state index in [0.717, 1.165) is 0 Å². The number of aromatic hydroxyl groups is 2. The molecule has 5 N–H and O–H groups in total. The topological polar surface area (TPSA) is 204 Å². The maximum absolute atomic E-state index is 11.0. The van der Waals surface area contributed by atoms with Crippen molar-refractivity contribution in [1.29, 1.82) is 0 Å². The third kappa shape index (κ3) is 6.99. The van der Waals surface area contributed by atoms with Crippen molar-refractivity contribution in [1.82, 2.24) is 0 Å². The molecule has 120 valence electrons. The molecule has 0 radical (unpaired) electrons. The Bertz CT molecular complexity index is 887. The first kappa shape index (κ1) is 29.3. The van der Waals surface area contributed by atoms with E-state index in [1.165, 1.54) is 0 Å². The Kier molecular flexibility index (Phi) is 12.1. The van der Waals surface area contributed by atoms with Crippen LogP contribution in [0, 0.1) is 0 Å². The van der Waals surface area contributed by atoms with Gasteiger partial charge in [-0.1, -0.05) is 0 Å². The third-order valence-electron chi connectivity index (χ3n) is 1.95. The zero-order chi connectivity index (χ0) is 16.1. The molecule has 0 spiro atoms. The number of benzene rings is 1. The number of hydrogen-bond acceptors (Lipinski definition) is 8. The molecule has 0 fully saturated rings. The molecule has 23 heavy (non-hydrogen) atoms. The zero-order valence-corrected chi connectivity index (χ0v) is 11.4. The summed E-state index contributed by atoms with van der Waals surface area (Å²) in [5.41, 5.74) is 0. The summed E-state index contributed by atoms with van der Waals surface area (Å²) in [7, 11) is -16.6. The van der Waals surface area contributed by atoms with E-state index in [4.69, 9.17) is 18.8 Å². The average Bonchev–Trinajstić information content (AvgIpc) is 2.15. The molecule has 1 aromatic rings. The molecule has 0 aliphatic carbocycles. The van der Waals surface area contributed by atoms with Crippen LogP contribution in [0.4, 0.5) is 0 Å². The van der Waals surface area contributed by atoms with Crippen molar-refractivity contribution in [2.24, 2.45) is 0 Å². The third-order valence-corrected chi connectivity index (χ3v) is 4.94. The van der Waals surface area contributed by atoms with Crippen LogP contribution in [-0.4, -0.2) is 138 Å². The quantitative estimate of drug-likeness (QED) is 0.187. The summed E-state index contributed by atoms with van der Waals surface area (Å²) >= 11 is 0. The van der Waals surface area contributed by atoms with Gasteiger partial charge in [-0.3, -0.25) is 13.7 Å². The molecule has 0 heterocycles. The van der Waals surface area contributed by atoms with E-state index in [9.17, 15) is 30.4 Å². The molecule has 1 aromatic carbocycles. The van der Waals surface area contributed by atoms with Gasteiger partial charge in [-0.2, -0.15) is 25.3 Å². The van der Waals surface area contributed by atoms with Crippen molar-refractivity contribution in [3.8, 4) is 11.5 Å². The van der Waals surface area contributed by atoms with Gasteiger partial charge in [-0.05, 0) is 0 Å². The van der Waals surface area contributed by atoms with Gasteiger partial charge in [0.05, 0.1) is 0 Å². The minimum absolute atomic E-state index is 0. The van der Waals surface area contributed by atoms with Crippen LogP contribution >= 0.6 is 0 Å². The molecule has 0 amide bonds. The molecule has 0 aliphatic heterocycles. The van der Waals surface area contributed by atoms with Crippen molar-refractivity contribution in [3.63, 3.8) is 0 Å². The summed E-state index contributed by atoms with van der Waals surface area (Å²) < 4.78 is 92.3. The molecule has 17 heteroatoms. The van der Waals surface area contributed by atoms with E-state index in [1.54, 1.807) is 0 Å². The Morgan fingerprint density at radius 3 is 1.26 bits per heavy atom. The average molecular weight is 422 g/mol. The van der Waals surface area contributed by atoms with Crippen molar-refractivity contribution >= 4 is 119 Å². The Hall–Kier alpha value is 1.55. The second-order valence-corrected chi connectivity index (χ2v) is 7.43. The second-order valence-electron chi connectivity index (χ2n) is 3.33. The Labute approximate surface area is 197 Å².